The average Bonchev–Trinajstić information content (AvgIpc) is 2.14. The summed E-state index contributed by atoms with van der Waals surface area (Å²) in [6.07, 6.45) is 0. The topological polar surface area (TPSA) is 66.8 Å². The second kappa shape index (κ2) is 4.85. The first kappa shape index (κ1) is 13.7. The fraction of sp³-hybridized carbons (Fsp3) is 0.364. The quantitative estimate of drug-likeness (QED) is 0.582. The van der Waals surface area contributed by atoms with Crippen molar-refractivity contribution in [2.24, 2.45) is 0 Å². The van der Waals surface area contributed by atoms with Crippen LogP contribution in [0.1, 0.15) is 31.1 Å². The number of carbonyl (C=O) groups excluding carboxylic acids is 1. The Bertz CT molecular complexity index is 426. The van der Waals surface area contributed by atoms with Crippen molar-refractivity contribution in [1.29, 1.82) is 0 Å². The van der Waals surface area contributed by atoms with Crippen LogP contribution in [0.15, 0.2) is 18.2 Å². The number of halogens is 1. The van der Waals surface area contributed by atoms with Gasteiger partial charge in [0, 0.05) is 5.46 Å². The number of ether oxygens (including phenoxy) is 1. The van der Waals surface area contributed by atoms with Gasteiger partial charge in [-0.1, -0.05) is 0 Å². The first-order chi connectivity index (χ1) is 7.70. The van der Waals surface area contributed by atoms with E-state index in [2.05, 4.69) is 0 Å². The predicted octanol–water partition coefficient (Wildman–Crippen LogP) is 0.461. The third-order valence-corrected chi connectivity index (χ3v) is 1.91. The maximum absolute atomic E-state index is 13.1. The van der Waals surface area contributed by atoms with Gasteiger partial charge in [0.25, 0.3) is 0 Å². The Morgan fingerprint density at radius 1 is 1.35 bits per heavy atom. The largest absolute Gasteiger partial charge is 0.491 e. The zero-order chi connectivity index (χ0) is 13.2. The summed E-state index contributed by atoms with van der Waals surface area (Å²) in [6, 6.07) is 3.29. The van der Waals surface area contributed by atoms with Crippen LogP contribution < -0.4 is 5.46 Å². The van der Waals surface area contributed by atoms with E-state index in [1.807, 2.05) is 0 Å². The molecule has 0 fully saturated rings. The summed E-state index contributed by atoms with van der Waals surface area (Å²) in [5.41, 5.74) is -0.943. The lowest BCUT2D eigenvalue weighted by molar-refractivity contribution is 0.00696. The smallest absolute Gasteiger partial charge is 0.456 e. The molecule has 0 radical (unpaired) electrons. The van der Waals surface area contributed by atoms with E-state index < -0.39 is 24.5 Å². The highest BCUT2D eigenvalue weighted by molar-refractivity contribution is 6.58. The molecule has 6 heteroatoms. The van der Waals surface area contributed by atoms with E-state index in [1.165, 1.54) is 6.07 Å². The number of rotatable bonds is 2. The van der Waals surface area contributed by atoms with Crippen LogP contribution in [-0.4, -0.2) is 28.7 Å². The minimum absolute atomic E-state index is 0.0735. The molecule has 0 atom stereocenters. The fourth-order valence-electron chi connectivity index (χ4n) is 1.21. The van der Waals surface area contributed by atoms with Gasteiger partial charge in [-0.25, -0.2) is 9.18 Å². The van der Waals surface area contributed by atoms with Crippen LogP contribution in [0.5, 0.6) is 0 Å². The molecule has 0 spiro atoms. The number of carbonyl (C=O) groups is 1. The summed E-state index contributed by atoms with van der Waals surface area (Å²) in [6.45, 7) is 5.11. The molecule has 0 unspecified atom stereocenters. The van der Waals surface area contributed by atoms with E-state index >= 15 is 0 Å². The summed E-state index contributed by atoms with van der Waals surface area (Å²) in [5.74, 6) is -1.42. The van der Waals surface area contributed by atoms with Crippen molar-refractivity contribution < 1.29 is 24.0 Å². The van der Waals surface area contributed by atoms with E-state index in [0.29, 0.717) is 0 Å². The molecule has 0 saturated heterocycles. The van der Waals surface area contributed by atoms with Gasteiger partial charge in [0.05, 0.1) is 5.56 Å². The van der Waals surface area contributed by atoms with Crippen molar-refractivity contribution in [3.63, 3.8) is 0 Å². The highest BCUT2D eigenvalue weighted by Crippen LogP contribution is 2.12. The molecule has 0 amide bonds. The monoisotopic (exact) mass is 240 g/mol. The van der Waals surface area contributed by atoms with Crippen molar-refractivity contribution in [3.05, 3.63) is 29.6 Å². The third kappa shape index (κ3) is 3.83. The van der Waals surface area contributed by atoms with Crippen molar-refractivity contribution >= 4 is 18.6 Å². The van der Waals surface area contributed by atoms with Crippen LogP contribution in [-0.2, 0) is 4.74 Å². The number of benzene rings is 1. The second-order valence-electron chi connectivity index (χ2n) is 4.61. The first-order valence-corrected chi connectivity index (χ1v) is 5.09. The van der Waals surface area contributed by atoms with Gasteiger partial charge >= 0.3 is 13.1 Å². The number of hydrogen-bond acceptors (Lipinski definition) is 4. The zero-order valence-corrected chi connectivity index (χ0v) is 9.90. The van der Waals surface area contributed by atoms with Gasteiger partial charge in [-0.05, 0) is 39.0 Å². The van der Waals surface area contributed by atoms with Gasteiger partial charge < -0.3 is 14.8 Å². The molecule has 0 aliphatic heterocycles. The second-order valence-corrected chi connectivity index (χ2v) is 4.61. The fourth-order valence-corrected chi connectivity index (χ4v) is 1.21. The molecule has 17 heavy (non-hydrogen) atoms. The molecule has 0 bridgehead atoms. The molecular formula is C11H14BFO4. The summed E-state index contributed by atoms with van der Waals surface area (Å²) < 4.78 is 18.2. The van der Waals surface area contributed by atoms with Crippen LogP contribution in [0.2, 0.25) is 0 Å². The van der Waals surface area contributed by atoms with E-state index in [1.54, 1.807) is 20.8 Å². The van der Waals surface area contributed by atoms with Crippen LogP contribution >= 0.6 is 0 Å². The van der Waals surface area contributed by atoms with Gasteiger partial charge in [0.1, 0.15) is 11.4 Å². The molecule has 0 heterocycles. The molecule has 92 valence electrons. The third-order valence-electron chi connectivity index (χ3n) is 1.91. The van der Waals surface area contributed by atoms with Crippen LogP contribution in [0.3, 0.4) is 0 Å². The van der Waals surface area contributed by atoms with Gasteiger partial charge in [-0.15, -0.1) is 0 Å². The predicted molar refractivity (Wildman–Crippen MR) is 61.4 cm³/mol. The van der Waals surface area contributed by atoms with Crippen LogP contribution in [0, 0.1) is 5.82 Å². The molecule has 0 aliphatic carbocycles. The molecule has 2 N–H and O–H groups in total. The van der Waals surface area contributed by atoms with Crippen LogP contribution in [0.25, 0.3) is 0 Å². The van der Waals surface area contributed by atoms with Crippen molar-refractivity contribution in [2.45, 2.75) is 26.4 Å². The highest BCUT2D eigenvalue weighted by atomic mass is 19.1. The van der Waals surface area contributed by atoms with Crippen LogP contribution in [0.4, 0.5) is 4.39 Å². The zero-order valence-electron chi connectivity index (χ0n) is 9.90. The minimum atomic E-state index is -1.96. The standard InChI is InChI=1S/C11H14BFO4/c1-11(2,3)17-10(14)7-4-5-9(13)8(6-7)12(15)16/h4-6,15-16H,1-3H3. The Morgan fingerprint density at radius 3 is 2.41 bits per heavy atom. The lowest BCUT2D eigenvalue weighted by Crippen LogP contribution is -2.34. The lowest BCUT2D eigenvalue weighted by Gasteiger charge is -2.19. The van der Waals surface area contributed by atoms with Gasteiger partial charge in [-0.2, -0.15) is 0 Å². The Hall–Kier alpha value is -1.40. The number of esters is 1. The molecule has 1 rings (SSSR count). The summed E-state index contributed by atoms with van der Waals surface area (Å²) >= 11 is 0. The van der Waals surface area contributed by atoms with Crippen molar-refractivity contribution in [2.75, 3.05) is 0 Å². The minimum Gasteiger partial charge on any atom is -0.456 e. The Kier molecular flexibility index (Phi) is 3.90. The number of hydrogen-bond donors (Lipinski definition) is 2. The average molecular weight is 240 g/mol. The van der Waals surface area contributed by atoms with Gasteiger partial charge in [-0.3, -0.25) is 0 Å². The molecule has 0 aromatic heterocycles. The highest BCUT2D eigenvalue weighted by Gasteiger charge is 2.22. The first-order valence-electron chi connectivity index (χ1n) is 5.09. The molecule has 1 aromatic rings. The SMILES string of the molecule is CC(C)(C)OC(=O)c1ccc(F)c(B(O)O)c1. The Labute approximate surface area is 99.2 Å². The lowest BCUT2D eigenvalue weighted by atomic mass is 9.79. The molecule has 0 saturated carbocycles. The summed E-state index contributed by atoms with van der Waals surface area (Å²) in [4.78, 5) is 11.6. The van der Waals surface area contributed by atoms with E-state index in [9.17, 15) is 9.18 Å². The van der Waals surface area contributed by atoms with Crippen molar-refractivity contribution in [1.82, 2.24) is 0 Å². The Balaban J connectivity index is 3.00. The van der Waals surface area contributed by atoms with Gasteiger partial charge in [0.15, 0.2) is 0 Å². The van der Waals surface area contributed by atoms with Crippen molar-refractivity contribution in [3.8, 4) is 0 Å². The van der Waals surface area contributed by atoms with E-state index in [-0.39, 0.29) is 11.0 Å². The maximum atomic E-state index is 13.1. The van der Waals surface area contributed by atoms with E-state index in [4.69, 9.17) is 14.8 Å². The molecule has 4 nitrogen and oxygen atoms in total. The van der Waals surface area contributed by atoms with Gasteiger partial charge in [0.2, 0.25) is 0 Å². The normalized spacial score (nSPS) is 11.2. The summed E-state index contributed by atoms with van der Waals surface area (Å²) in [5, 5.41) is 17.8. The van der Waals surface area contributed by atoms with E-state index in [0.717, 1.165) is 12.1 Å². The summed E-state index contributed by atoms with van der Waals surface area (Å²) in [7, 11) is -1.96. The maximum Gasteiger partial charge on any atom is 0.491 e. The molecule has 0 aliphatic rings. The molecule has 1 aromatic carbocycles. The molecular weight excluding hydrogens is 226 g/mol. The Morgan fingerprint density at radius 2 is 1.94 bits per heavy atom.